The molecule has 1 N–H and O–H groups in total. The Balaban J connectivity index is 2.59. The van der Waals surface area contributed by atoms with Gasteiger partial charge in [0.2, 0.25) is 0 Å². The van der Waals surface area contributed by atoms with Crippen LogP contribution in [0.1, 0.15) is 25.3 Å². The maximum atomic E-state index is 13.3. The minimum Gasteiger partial charge on any atom is -0.494 e. The molecule has 84 valence electrons. The molecule has 1 aromatic rings. The van der Waals surface area contributed by atoms with Crippen LogP contribution in [-0.2, 0) is 6.42 Å². The summed E-state index contributed by atoms with van der Waals surface area (Å²) in [5, 5.41) is 9.37. The van der Waals surface area contributed by atoms with Gasteiger partial charge in [0.1, 0.15) is 0 Å². The maximum Gasteiger partial charge on any atom is 0.165 e. The predicted octanol–water partition coefficient (Wildman–Crippen LogP) is 2.54. The minimum absolute atomic E-state index is 0.259. The van der Waals surface area contributed by atoms with E-state index in [1.165, 1.54) is 13.2 Å². The molecule has 3 heteroatoms. The third-order valence-corrected chi connectivity index (χ3v) is 2.45. The van der Waals surface area contributed by atoms with Crippen molar-refractivity contribution in [2.24, 2.45) is 0 Å². The Hall–Kier alpha value is -1.09. The first-order chi connectivity index (χ1) is 7.17. The predicted molar refractivity (Wildman–Crippen MR) is 57.6 cm³/mol. The third-order valence-electron chi connectivity index (χ3n) is 2.45. The molecule has 0 bridgehead atoms. The molecule has 2 nitrogen and oxygen atoms in total. The van der Waals surface area contributed by atoms with Crippen molar-refractivity contribution in [3.63, 3.8) is 0 Å². The smallest absolute Gasteiger partial charge is 0.165 e. The number of methoxy groups -OCH3 is 1. The van der Waals surface area contributed by atoms with Gasteiger partial charge in [0.05, 0.1) is 13.2 Å². The van der Waals surface area contributed by atoms with Gasteiger partial charge < -0.3 is 9.84 Å². The van der Waals surface area contributed by atoms with E-state index in [0.717, 1.165) is 12.0 Å². The summed E-state index contributed by atoms with van der Waals surface area (Å²) in [4.78, 5) is 0. The summed E-state index contributed by atoms with van der Waals surface area (Å²) in [6.07, 6.45) is 1.80. The van der Waals surface area contributed by atoms with E-state index in [2.05, 4.69) is 0 Å². The average molecular weight is 212 g/mol. The molecule has 0 aromatic heterocycles. The highest BCUT2D eigenvalue weighted by atomic mass is 19.1. The highest BCUT2D eigenvalue weighted by Crippen LogP contribution is 2.18. The lowest BCUT2D eigenvalue weighted by molar-refractivity contribution is 0.160. The summed E-state index contributed by atoms with van der Waals surface area (Å²) in [6, 6.07) is 4.90. The van der Waals surface area contributed by atoms with Gasteiger partial charge in [0.25, 0.3) is 0 Å². The number of ether oxygens (including phenoxy) is 1. The highest BCUT2D eigenvalue weighted by molar-refractivity contribution is 5.29. The topological polar surface area (TPSA) is 29.5 Å². The molecule has 0 aliphatic heterocycles. The molecule has 0 fully saturated rings. The van der Waals surface area contributed by atoms with Crippen LogP contribution >= 0.6 is 0 Å². The van der Waals surface area contributed by atoms with Gasteiger partial charge in [-0.1, -0.05) is 13.0 Å². The van der Waals surface area contributed by atoms with Gasteiger partial charge in [0.15, 0.2) is 11.6 Å². The molecule has 1 atom stereocenters. The second-order valence-electron chi connectivity index (χ2n) is 3.57. The van der Waals surface area contributed by atoms with Crippen LogP contribution in [0.25, 0.3) is 0 Å². The fourth-order valence-electron chi connectivity index (χ4n) is 1.40. The van der Waals surface area contributed by atoms with Crippen molar-refractivity contribution in [3.05, 3.63) is 29.6 Å². The van der Waals surface area contributed by atoms with E-state index in [4.69, 9.17) is 4.74 Å². The Morgan fingerprint density at radius 3 is 2.73 bits per heavy atom. The molecule has 0 spiro atoms. The Bertz CT molecular complexity index is 312. The highest BCUT2D eigenvalue weighted by Gasteiger charge is 2.05. The second-order valence-corrected chi connectivity index (χ2v) is 3.57. The van der Waals surface area contributed by atoms with Crippen molar-refractivity contribution >= 4 is 0 Å². The molecule has 0 amide bonds. The van der Waals surface area contributed by atoms with Crippen LogP contribution in [0.15, 0.2) is 18.2 Å². The lowest BCUT2D eigenvalue weighted by Crippen LogP contribution is -2.05. The molecule has 0 saturated heterocycles. The van der Waals surface area contributed by atoms with Crippen molar-refractivity contribution in [2.75, 3.05) is 7.11 Å². The van der Waals surface area contributed by atoms with E-state index in [0.29, 0.717) is 12.8 Å². The van der Waals surface area contributed by atoms with E-state index >= 15 is 0 Å². The van der Waals surface area contributed by atoms with Crippen molar-refractivity contribution in [3.8, 4) is 5.75 Å². The van der Waals surface area contributed by atoms with Gasteiger partial charge in [-0.05, 0) is 37.0 Å². The Labute approximate surface area is 89.7 Å². The molecule has 0 aliphatic rings. The number of hydrogen-bond donors (Lipinski definition) is 1. The Kier molecular flexibility index (Phi) is 4.56. The number of aliphatic hydroxyl groups is 1. The Morgan fingerprint density at radius 2 is 2.20 bits per heavy atom. The van der Waals surface area contributed by atoms with E-state index in [1.807, 2.05) is 13.0 Å². The van der Waals surface area contributed by atoms with Gasteiger partial charge in [-0.25, -0.2) is 4.39 Å². The van der Waals surface area contributed by atoms with Crippen LogP contribution in [0.3, 0.4) is 0 Å². The molecule has 15 heavy (non-hydrogen) atoms. The first-order valence-electron chi connectivity index (χ1n) is 5.17. The average Bonchev–Trinajstić information content (AvgIpc) is 2.26. The molecule has 0 saturated carbocycles. The second kappa shape index (κ2) is 5.71. The van der Waals surface area contributed by atoms with Crippen molar-refractivity contribution in [2.45, 2.75) is 32.3 Å². The summed E-state index contributed by atoms with van der Waals surface area (Å²) >= 11 is 0. The van der Waals surface area contributed by atoms with Crippen LogP contribution in [0.4, 0.5) is 4.39 Å². The van der Waals surface area contributed by atoms with Crippen LogP contribution < -0.4 is 4.74 Å². The monoisotopic (exact) mass is 212 g/mol. The van der Waals surface area contributed by atoms with Crippen LogP contribution in [0, 0.1) is 5.82 Å². The SMILES string of the molecule is CCC(O)CCc1ccc(OC)c(F)c1. The summed E-state index contributed by atoms with van der Waals surface area (Å²) in [5.74, 6) is -0.0872. The molecule has 0 aliphatic carbocycles. The zero-order valence-electron chi connectivity index (χ0n) is 9.16. The number of benzene rings is 1. The standard InChI is InChI=1S/C12H17FO2/c1-3-10(14)6-4-9-5-7-12(15-2)11(13)8-9/h5,7-8,10,14H,3-4,6H2,1-2H3. The number of halogens is 1. The van der Waals surface area contributed by atoms with E-state index in [-0.39, 0.29) is 17.7 Å². The lowest BCUT2D eigenvalue weighted by atomic mass is 10.1. The molecule has 1 aromatic carbocycles. The van der Waals surface area contributed by atoms with Gasteiger partial charge in [0, 0.05) is 0 Å². The van der Waals surface area contributed by atoms with Crippen molar-refractivity contribution in [1.82, 2.24) is 0 Å². The van der Waals surface area contributed by atoms with Crippen molar-refractivity contribution < 1.29 is 14.2 Å². The summed E-state index contributed by atoms with van der Waals surface area (Å²) in [6.45, 7) is 1.93. The van der Waals surface area contributed by atoms with Gasteiger partial charge in [-0.2, -0.15) is 0 Å². The van der Waals surface area contributed by atoms with Crippen molar-refractivity contribution in [1.29, 1.82) is 0 Å². The van der Waals surface area contributed by atoms with E-state index in [9.17, 15) is 9.50 Å². The number of aliphatic hydroxyl groups excluding tert-OH is 1. The fourth-order valence-corrected chi connectivity index (χ4v) is 1.40. The van der Waals surface area contributed by atoms with Gasteiger partial charge >= 0.3 is 0 Å². The quantitative estimate of drug-likeness (QED) is 0.812. The normalized spacial score (nSPS) is 12.5. The largest absolute Gasteiger partial charge is 0.494 e. The van der Waals surface area contributed by atoms with Crippen LogP contribution in [0.2, 0.25) is 0 Å². The number of hydrogen-bond acceptors (Lipinski definition) is 2. The van der Waals surface area contributed by atoms with E-state index < -0.39 is 0 Å². The molecular formula is C12H17FO2. The number of aryl methyl sites for hydroxylation is 1. The zero-order valence-corrected chi connectivity index (χ0v) is 9.16. The molecule has 0 radical (unpaired) electrons. The minimum atomic E-state index is -0.346. The summed E-state index contributed by atoms with van der Waals surface area (Å²) < 4.78 is 18.1. The van der Waals surface area contributed by atoms with Crippen LogP contribution in [-0.4, -0.2) is 18.3 Å². The molecular weight excluding hydrogens is 195 g/mol. The lowest BCUT2D eigenvalue weighted by Gasteiger charge is -2.08. The van der Waals surface area contributed by atoms with Crippen LogP contribution in [0.5, 0.6) is 5.75 Å². The molecule has 1 unspecified atom stereocenters. The number of rotatable bonds is 5. The third kappa shape index (κ3) is 3.51. The summed E-state index contributed by atoms with van der Waals surface area (Å²) in [7, 11) is 1.44. The summed E-state index contributed by atoms with van der Waals surface area (Å²) in [5.41, 5.74) is 0.890. The van der Waals surface area contributed by atoms with E-state index in [1.54, 1.807) is 6.07 Å². The van der Waals surface area contributed by atoms with Gasteiger partial charge in [-0.15, -0.1) is 0 Å². The first kappa shape index (κ1) is 12.0. The zero-order chi connectivity index (χ0) is 11.3. The fraction of sp³-hybridized carbons (Fsp3) is 0.500. The molecule has 1 rings (SSSR count). The maximum absolute atomic E-state index is 13.3. The molecule has 0 heterocycles. The Morgan fingerprint density at radius 1 is 1.47 bits per heavy atom. The van der Waals surface area contributed by atoms with Gasteiger partial charge in [-0.3, -0.25) is 0 Å². The first-order valence-corrected chi connectivity index (χ1v) is 5.17.